The second-order valence-corrected chi connectivity index (χ2v) is 4.92. The molecule has 0 saturated heterocycles. The van der Waals surface area contributed by atoms with E-state index in [1.807, 2.05) is 31.3 Å². The van der Waals surface area contributed by atoms with E-state index in [1.54, 1.807) is 12.0 Å². The summed E-state index contributed by atoms with van der Waals surface area (Å²) >= 11 is 0. The molecule has 0 heterocycles. The van der Waals surface area contributed by atoms with Gasteiger partial charge in [-0.3, -0.25) is 4.79 Å². The van der Waals surface area contributed by atoms with Crippen molar-refractivity contribution in [2.45, 2.75) is 20.3 Å². The van der Waals surface area contributed by atoms with Crippen LogP contribution < -0.4 is 9.47 Å². The average Bonchev–Trinajstić information content (AvgIpc) is 2.38. The van der Waals surface area contributed by atoms with Crippen molar-refractivity contribution in [1.29, 1.82) is 0 Å². The Bertz CT molecular complexity index is 404. The number of nitrogens with zero attached hydrogens (tertiary/aromatic N) is 1. The lowest BCUT2D eigenvalue weighted by Crippen LogP contribution is -2.31. The van der Waals surface area contributed by atoms with Crippen LogP contribution in [0.15, 0.2) is 24.3 Å². The van der Waals surface area contributed by atoms with Crippen molar-refractivity contribution >= 4 is 5.91 Å². The van der Waals surface area contributed by atoms with E-state index in [0.29, 0.717) is 30.4 Å². The van der Waals surface area contributed by atoms with Gasteiger partial charge in [0.05, 0.1) is 20.1 Å². The summed E-state index contributed by atoms with van der Waals surface area (Å²) < 4.78 is 10.8. The topological polar surface area (TPSA) is 38.8 Å². The van der Waals surface area contributed by atoms with E-state index in [2.05, 4.69) is 13.8 Å². The summed E-state index contributed by atoms with van der Waals surface area (Å²) in [6, 6.07) is 7.43. The molecule has 1 aromatic rings. The molecule has 19 heavy (non-hydrogen) atoms. The molecule has 0 N–H and O–H groups in total. The van der Waals surface area contributed by atoms with E-state index in [0.717, 1.165) is 6.54 Å². The van der Waals surface area contributed by atoms with Gasteiger partial charge in [0.15, 0.2) is 11.5 Å². The highest BCUT2D eigenvalue weighted by atomic mass is 16.5. The molecule has 0 radical (unpaired) electrons. The molecule has 106 valence electrons. The number of rotatable bonds is 7. The Morgan fingerprint density at radius 3 is 2.47 bits per heavy atom. The fraction of sp³-hybridized carbons (Fsp3) is 0.533. The fourth-order valence-corrected chi connectivity index (χ4v) is 1.83. The number of carbonyl (C=O) groups excluding carboxylic acids is 1. The Morgan fingerprint density at radius 1 is 1.26 bits per heavy atom. The van der Waals surface area contributed by atoms with E-state index in [-0.39, 0.29) is 5.91 Å². The summed E-state index contributed by atoms with van der Waals surface area (Å²) in [5, 5.41) is 0. The van der Waals surface area contributed by atoms with Gasteiger partial charge in [-0.1, -0.05) is 26.0 Å². The quantitative estimate of drug-likeness (QED) is 0.760. The Labute approximate surface area is 115 Å². The zero-order valence-electron chi connectivity index (χ0n) is 12.2. The Hall–Kier alpha value is -1.71. The number of methoxy groups -OCH3 is 1. The SMILES string of the molecule is COc1ccccc1OCCC(=O)N(C)CC(C)C. The van der Waals surface area contributed by atoms with Crippen LogP contribution in [0.5, 0.6) is 11.5 Å². The maximum absolute atomic E-state index is 11.8. The molecule has 0 saturated carbocycles. The first-order valence-corrected chi connectivity index (χ1v) is 6.54. The number of hydrogen-bond donors (Lipinski definition) is 0. The normalized spacial score (nSPS) is 10.4. The summed E-state index contributed by atoms with van der Waals surface area (Å²) in [5.41, 5.74) is 0. The minimum Gasteiger partial charge on any atom is -0.493 e. The van der Waals surface area contributed by atoms with Gasteiger partial charge in [-0.25, -0.2) is 0 Å². The molecular formula is C15H23NO3. The van der Waals surface area contributed by atoms with Gasteiger partial charge >= 0.3 is 0 Å². The van der Waals surface area contributed by atoms with Crippen molar-refractivity contribution in [3.05, 3.63) is 24.3 Å². The van der Waals surface area contributed by atoms with Crippen molar-refractivity contribution in [3.8, 4) is 11.5 Å². The van der Waals surface area contributed by atoms with Crippen LogP contribution in [0.3, 0.4) is 0 Å². The van der Waals surface area contributed by atoms with Crippen molar-refractivity contribution in [1.82, 2.24) is 4.90 Å². The first-order valence-electron chi connectivity index (χ1n) is 6.54. The molecule has 1 amide bonds. The van der Waals surface area contributed by atoms with Gasteiger partial charge in [0.1, 0.15) is 0 Å². The molecule has 1 aromatic carbocycles. The highest BCUT2D eigenvalue weighted by molar-refractivity contribution is 5.76. The summed E-state index contributed by atoms with van der Waals surface area (Å²) in [7, 11) is 3.43. The van der Waals surface area contributed by atoms with Crippen LogP contribution in [0, 0.1) is 5.92 Å². The molecule has 0 spiro atoms. The Kier molecular flexibility index (Phi) is 6.19. The van der Waals surface area contributed by atoms with Gasteiger partial charge in [0.25, 0.3) is 0 Å². The van der Waals surface area contributed by atoms with Gasteiger partial charge in [-0.2, -0.15) is 0 Å². The van der Waals surface area contributed by atoms with Crippen LogP contribution in [-0.2, 0) is 4.79 Å². The lowest BCUT2D eigenvalue weighted by Gasteiger charge is -2.19. The second kappa shape index (κ2) is 7.67. The monoisotopic (exact) mass is 265 g/mol. The van der Waals surface area contributed by atoms with E-state index in [9.17, 15) is 4.79 Å². The fourth-order valence-electron chi connectivity index (χ4n) is 1.83. The third kappa shape index (κ3) is 5.20. The molecule has 4 heteroatoms. The Balaban J connectivity index is 2.39. The van der Waals surface area contributed by atoms with Crippen LogP contribution in [-0.4, -0.2) is 38.1 Å². The molecule has 0 bridgehead atoms. The predicted molar refractivity (Wildman–Crippen MR) is 75.6 cm³/mol. The molecule has 0 fully saturated rings. The van der Waals surface area contributed by atoms with Gasteiger partial charge in [-0.15, -0.1) is 0 Å². The van der Waals surface area contributed by atoms with Crippen LogP contribution in [0.25, 0.3) is 0 Å². The first kappa shape index (κ1) is 15.3. The van der Waals surface area contributed by atoms with Crippen LogP contribution in [0.1, 0.15) is 20.3 Å². The third-order valence-corrected chi connectivity index (χ3v) is 2.71. The molecule has 1 rings (SSSR count). The van der Waals surface area contributed by atoms with E-state index in [1.165, 1.54) is 0 Å². The minimum absolute atomic E-state index is 0.101. The van der Waals surface area contributed by atoms with Gasteiger partial charge in [-0.05, 0) is 18.1 Å². The van der Waals surface area contributed by atoms with Crippen molar-refractivity contribution in [2.24, 2.45) is 5.92 Å². The van der Waals surface area contributed by atoms with Crippen molar-refractivity contribution < 1.29 is 14.3 Å². The molecule has 0 aliphatic heterocycles. The molecule has 0 aliphatic rings. The highest BCUT2D eigenvalue weighted by Gasteiger charge is 2.10. The minimum atomic E-state index is 0.101. The smallest absolute Gasteiger partial charge is 0.225 e. The zero-order valence-corrected chi connectivity index (χ0v) is 12.2. The van der Waals surface area contributed by atoms with E-state index < -0.39 is 0 Å². The predicted octanol–water partition coefficient (Wildman–Crippen LogP) is 2.58. The molecule has 0 aliphatic carbocycles. The summed E-state index contributed by atoms with van der Waals surface area (Å²) in [5.74, 6) is 1.93. The van der Waals surface area contributed by atoms with Gasteiger partial charge in [0, 0.05) is 13.6 Å². The summed E-state index contributed by atoms with van der Waals surface area (Å²) in [6.07, 6.45) is 0.376. The molecule has 0 atom stereocenters. The van der Waals surface area contributed by atoms with E-state index in [4.69, 9.17) is 9.47 Å². The summed E-state index contributed by atoms with van der Waals surface area (Å²) in [4.78, 5) is 13.6. The van der Waals surface area contributed by atoms with Gasteiger partial charge in [0.2, 0.25) is 5.91 Å². The molecule has 0 aromatic heterocycles. The maximum atomic E-state index is 11.8. The number of ether oxygens (including phenoxy) is 2. The second-order valence-electron chi connectivity index (χ2n) is 4.92. The number of hydrogen-bond acceptors (Lipinski definition) is 3. The molecule has 4 nitrogen and oxygen atoms in total. The summed E-state index contributed by atoms with van der Waals surface area (Å²) in [6.45, 7) is 5.32. The molecular weight excluding hydrogens is 242 g/mol. The van der Waals surface area contributed by atoms with E-state index >= 15 is 0 Å². The molecule has 0 unspecified atom stereocenters. The highest BCUT2D eigenvalue weighted by Crippen LogP contribution is 2.25. The van der Waals surface area contributed by atoms with Gasteiger partial charge < -0.3 is 14.4 Å². The maximum Gasteiger partial charge on any atom is 0.225 e. The number of benzene rings is 1. The first-order chi connectivity index (χ1) is 9.04. The average molecular weight is 265 g/mol. The number of para-hydroxylation sites is 2. The van der Waals surface area contributed by atoms with Crippen LogP contribution in [0.4, 0.5) is 0 Å². The largest absolute Gasteiger partial charge is 0.493 e. The zero-order chi connectivity index (χ0) is 14.3. The third-order valence-electron chi connectivity index (χ3n) is 2.71. The number of carbonyl (C=O) groups is 1. The standard InChI is InChI=1S/C15H23NO3/c1-12(2)11-16(3)15(17)9-10-19-14-8-6-5-7-13(14)18-4/h5-8,12H,9-11H2,1-4H3. The van der Waals surface area contributed by atoms with Crippen molar-refractivity contribution in [3.63, 3.8) is 0 Å². The lowest BCUT2D eigenvalue weighted by atomic mass is 10.2. The lowest BCUT2D eigenvalue weighted by molar-refractivity contribution is -0.130. The van der Waals surface area contributed by atoms with Crippen molar-refractivity contribution in [2.75, 3.05) is 27.3 Å². The van der Waals surface area contributed by atoms with Crippen LogP contribution in [0.2, 0.25) is 0 Å². The number of amides is 1. The van der Waals surface area contributed by atoms with Crippen LogP contribution >= 0.6 is 0 Å². The Morgan fingerprint density at radius 2 is 1.89 bits per heavy atom.